The normalized spacial score (nSPS) is 23.3. The first-order valence-corrected chi connectivity index (χ1v) is 7.00. The van der Waals surface area contributed by atoms with Gasteiger partial charge in [-0.1, -0.05) is 67.1 Å². The molecule has 1 heteroatoms. The van der Waals surface area contributed by atoms with Crippen molar-refractivity contribution in [2.75, 3.05) is 0 Å². The monoisotopic (exact) mass is 250 g/mol. The van der Waals surface area contributed by atoms with Gasteiger partial charge in [-0.3, -0.25) is 4.79 Å². The molecule has 96 valence electrons. The molecule has 1 fully saturated rings. The molecule has 1 aliphatic carbocycles. The minimum Gasteiger partial charge on any atom is -0.298 e. The van der Waals surface area contributed by atoms with Crippen molar-refractivity contribution in [3.63, 3.8) is 0 Å². The number of carbonyl (C=O) groups is 1. The molecular formula is C18H18O. The molecule has 0 spiro atoms. The fourth-order valence-electron chi connectivity index (χ4n) is 3.09. The van der Waals surface area contributed by atoms with Crippen LogP contribution in [0.25, 0.3) is 0 Å². The summed E-state index contributed by atoms with van der Waals surface area (Å²) in [6, 6.07) is 20.4. The number of benzene rings is 2. The minimum absolute atomic E-state index is 0.0835. The van der Waals surface area contributed by atoms with E-state index < -0.39 is 0 Å². The zero-order chi connectivity index (χ0) is 13.1. The van der Waals surface area contributed by atoms with E-state index in [1.165, 1.54) is 11.1 Å². The second-order valence-corrected chi connectivity index (χ2v) is 5.26. The Kier molecular flexibility index (Phi) is 3.45. The van der Waals surface area contributed by atoms with Gasteiger partial charge >= 0.3 is 0 Å². The molecule has 0 aliphatic heterocycles. The maximum atomic E-state index is 12.7. The van der Waals surface area contributed by atoms with Crippen LogP contribution in [0.3, 0.4) is 0 Å². The lowest BCUT2D eigenvalue weighted by Crippen LogP contribution is -2.25. The Balaban J connectivity index is 1.88. The minimum atomic E-state index is 0.0835. The Morgan fingerprint density at radius 3 is 1.53 bits per heavy atom. The van der Waals surface area contributed by atoms with E-state index in [-0.39, 0.29) is 11.8 Å². The molecule has 3 rings (SSSR count). The SMILES string of the molecule is O=C1C(c2ccccc2)CCCC1c1ccccc1. The highest BCUT2D eigenvalue weighted by atomic mass is 16.1. The fourth-order valence-corrected chi connectivity index (χ4v) is 3.09. The molecule has 0 saturated heterocycles. The molecule has 2 atom stereocenters. The van der Waals surface area contributed by atoms with Gasteiger partial charge in [-0.15, -0.1) is 0 Å². The van der Waals surface area contributed by atoms with Crippen molar-refractivity contribution >= 4 is 5.78 Å². The largest absolute Gasteiger partial charge is 0.298 e. The Bertz CT molecular complexity index is 495. The van der Waals surface area contributed by atoms with Crippen LogP contribution in [0.4, 0.5) is 0 Å². The van der Waals surface area contributed by atoms with Crippen LogP contribution in [0.5, 0.6) is 0 Å². The van der Waals surface area contributed by atoms with Gasteiger partial charge < -0.3 is 0 Å². The van der Waals surface area contributed by atoms with Crippen LogP contribution >= 0.6 is 0 Å². The number of Topliss-reactive ketones (excluding diaryl/α,β-unsaturated/α-hetero) is 1. The molecule has 2 aromatic rings. The molecule has 0 aromatic heterocycles. The zero-order valence-corrected chi connectivity index (χ0v) is 11.0. The van der Waals surface area contributed by atoms with Crippen LogP contribution < -0.4 is 0 Å². The molecule has 2 unspecified atom stereocenters. The first-order chi connectivity index (χ1) is 9.36. The van der Waals surface area contributed by atoms with Gasteiger partial charge in [0.1, 0.15) is 5.78 Å². The molecule has 2 aromatic carbocycles. The first kappa shape index (κ1) is 12.2. The quantitative estimate of drug-likeness (QED) is 0.776. The van der Waals surface area contributed by atoms with Gasteiger partial charge in [0.2, 0.25) is 0 Å². The highest BCUT2D eigenvalue weighted by Crippen LogP contribution is 2.38. The molecule has 19 heavy (non-hydrogen) atoms. The van der Waals surface area contributed by atoms with Crippen LogP contribution in [0.2, 0.25) is 0 Å². The molecule has 1 aliphatic rings. The average molecular weight is 250 g/mol. The van der Waals surface area contributed by atoms with Gasteiger partial charge in [0.05, 0.1) is 0 Å². The van der Waals surface area contributed by atoms with Crippen molar-refractivity contribution in [3.05, 3.63) is 71.8 Å². The lowest BCUT2D eigenvalue weighted by Gasteiger charge is -2.28. The van der Waals surface area contributed by atoms with Crippen LogP contribution in [-0.2, 0) is 4.79 Å². The lowest BCUT2D eigenvalue weighted by molar-refractivity contribution is -0.123. The van der Waals surface area contributed by atoms with E-state index in [0.717, 1.165) is 19.3 Å². The summed E-state index contributed by atoms with van der Waals surface area (Å²) in [7, 11) is 0. The zero-order valence-electron chi connectivity index (χ0n) is 11.0. The van der Waals surface area contributed by atoms with Crippen molar-refractivity contribution in [1.29, 1.82) is 0 Å². The number of rotatable bonds is 2. The number of carbonyl (C=O) groups excluding carboxylic acids is 1. The average Bonchev–Trinajstić information content (AvgIpc) is 2.49. The van der Waals surface area contributed by atoms with Crippen LogP contribution in [-0.4, -0.2) is 5.78 Å². The Morgan fingerprint density at radius 1 is 0.684 bits per heavy atom. The summed E-state index contributed by atoms with van der Waals surface area (Å²) < 4.78 is 0. The van der Waals surface area contributed by atoms with E-state index in [0.29, 0.717) is 5.78 Å². The second-order valence-electron chi connectivity index (χ2n) is 5.26. The van der Waals surface area contributed by atoms with Crippen molar-refractivity contribution in [3.8, 4) is 0 Å². The standard InChI is InChI=1S/C18H18O/c19-18-16(14-8-3-1-4-9-14)12-7-13-17(18)15-10-5-2-6-11-15/h1-6,8-11,16-17H,7,12-13H2. The van der Waals surface area contributed by atoms with E-state index in [9.17, 15) is 4.79 Å². The van der Waals surface area contributed by atoms with Gasteiger partial charge in [0.25, 0.3) is 0 Å². The number of hydrogen-bond donors (Lipinski definition) is 0. The highest BCUT2D eigenvalue weighted by Gasteiger charge is 2.32. The maximum absolute atomic E-state index is 12.7. The number of ketones is 1. The van der Waals surface area contributed by atoms with E-state index in [4.69, 9.17) is 0 Å². The topological polar surface area (TPSA) is 17.1 Å². The Hall–Kier alpha value is -1.89. The van der Waals surface area contributed by atoms with Crippen molar-refractivity contribution in [2.24, 2.45) is 0 Å². The number of hydrogen-bond acceptors (Lipinski definition) is 1. The highest BCUT2D eigenvalue weighted by molar-refractivity contribution is 5.92. The summed E-state index contributed by atoms with van der Waals surface area (Å²) >= 11 is 0. The molecule has 1 nitrogen and oxygen atoms in total. The van der Waals surface area contributed by atoms with Crippen molar-refractivity contribution in [2.45, 2.75) is 31.1 Å². The summed E-state index contributed by atoms with van der Waals surface area (Å²) in [5.41, 5.74) is 2.35. The second kappa shape index (κ2) is 5.40. The molecule has 0 N–H and O–H groups in total. The molecule has 0 radical (unpaired) electrons. The maximum Gasteiger partial charge on any atom is 0.147 e. The summed E-state index contributed by atoms with van der Waals surface area (Å²) in [6.07, 6.45) is 3.11. The van der Waals surface area contributed by atoms with E-state index in [1.807, 2.05) is 36.4 Å². The van der Waals surface area contributed by atoms with Crippen molar-refractivity contribution in [1.82, 2.24) is 0 Å². The molecule has 0 heterocycles. The summed E-state index contributed by atoms with van der Waals surface area (Å²) in [5, 5.41) is 0. The third kappa shape index (κ3) is 2.46. The fraction of sp³-hybridized carbons (Fsp3) is 0.278. The predicted molar refractivity (Wildman–Crippen MR) is 77.2 cm³/mol. The van der Waals surface area contributed by atoms with Gasteiger partial charge in [0, 0.05) is 11.8 Å². The Morgan fingerprint density at radius 2 is 1.11 bits per heavy atom. The van der Waals surface area contributed by atoms with Crippen LogP contribution in [0.1, 0.15) is 42.2 Å². The van der Waals surface area contributed by atoms with Gasteiger partial charge in [0.15, 0.2) is 0 Å². The molecule has 0 bridgehead atoms. The van der Waals surface area contributed by atoms with E-state index >= 15 is 0 Å². The van der Waals surface area contributed by atoms with Crippen LogP contribution in [0.15, 0.2) is 60.7 Å². The first-order valence-electron chi connectivity index (χ1n) is 7.00. The lowest BCUT2D eigenvalue weighted by atomic mass is 9.74. The smallest absolute Gasteiger partial charge is 0.147 e. The molecular weight excluding hydrogens is 232 g/mol. The third-order valence-electron chi connectivity index (χ3n) is 4.08. The third-order valence-corrected chi connectivity index (χ3v) is 4.08. The van der Waals surface area contributed by atoms with E-state index in [2.05, 4.69) is 24.3 Å². The summed E-state index contributed by atoms with van der Waals surface area (Å²) in [4.78, 5) is 12.7. The Labute approximate surface area is 114 Å². The van der Waals surface area contributed by atoms with Gasteiger partial charge in [-0.2, -0.15) is 0 Å². The summed E-state index contributed by atoms with van der Waals surface area (Å²) in [6.45, 7) is 0. The van der Waals surface area contributed by atoms with Gasteiger partial charge in [-0.05, 0) is 24.0 Å². The molecule has 0 amide bonds. The summed E-state index contributed by atoms with van der Waals surface area (Å²) in [5.74, 6) is 0.559. The molecule has 1 saturated carbocycles. The predicted octanol–water partition coefficient (Wildman–Crippen LogP) is 4.31. The van der Waals surface area contributed by atoms with E-state index in [1.54, 1.807) is 0 Å². The van der Waals surface area contributed by atoms with Gasteiger partial charge in [-0.25, -0.2) is 0 Å². The van der Waals surface area contributed by atoms with Crippen molar-refractivity contribution < 1.29 is 4.79 Å². The van der Waals surface area contributed by atoms with Crippen LogP contribution in [0, 0.1) is 0 Å².